The number of likely N-dealkylation sites (N-methyl/N-ethyl adjacent to an activating group) is 1. The van der Waals surface area contributed by atoms with Gasteiger partial charge in [0.15, 0.2) is 0 Å². The van der Waals surface area contributed by atoms with Crippen LogP contribution in [0.4, 0.5) is 0 Å². The maximum absolute atomic E-state index is 12.0. The molecular formula is C16H31N3O. The molecule has 1 amide bonds. The lowest BCUT2D eigenvalue weighted by molar-refractivity contribution is -0.123. The fourth-order valence-electron chi connectivity index (χ4n) is 3.80. The molecule has 0 aromatic heterocycles. The molecule has 1 saturated carbocycles. The van der Waals surface area contributed by atoms with E-state index < -0.39 is 0 Å². The van der Waals surface area contributed by atoms with Gasteiger partial charge in [-0.2, -0.15) is 0 Å². The zero-order valence-electron chi connectivity index (χ0n) is 13.4. The van der Waals surface area contributed by atoms with Crippen LogP contribution in [-0.4, -0.2) is 49.6 Å². The van der Waals surface area contributed by atoms with Crippen molar-refractivity contribution in [2.24, 2.45) is 5.92 Å². The van der Waals surface area contributed by atoms with Crippen molar-refractivity contribution in [1.82, 2.24) is 15.5 Å². The van der Waals surface area contributed by atoms with Gasteiger partial charge in [0.05, 0.1) is 6.04 Å². The van der Waals surface area contributed by atoms with Crippen molar-refractivity contribution >= 4 is 5.91 Å². The summed E-state index contributed by atoms with van der Waals surface area (Å²) in [4.78, 5) is 14.4. The highest BCUT2D eigenvalue weighted by Gasteiger charge is 2.37. The summed E-state index contributed by atoms with van der Waals surface area (Å²) >= 11 is 0. The third kappa shape index (κ3) is 3.73. The third-order valence-electron chi connectivity index (χ3n) is 5.23. The summed E-state index contributed by atoms with van der Waals surface area (Å²) in [5.74, 6) is 0.983. The highest BCUT2D eigenvalue weighted by Crippen LogP contribution is 2.35. The number of hydrogen-bond acceptors (Lipinski definition) is 3. The molecule has 0 aromatic carbocycles. The maximum Gasteiger partial charge on any atom is 0.237 e. The summed E-state index contributed by atoms with van der Waals surface area (Å²) in [5.41, 5.74) is 0.226. The van der Waals surface area contributed by atoms with Crippen LogP contribution in [-0.2, 0) is 4.79 Å². The van der Waals surface area contributed by atoms with E-state index in [0.29, 0.717) is 0 Å². The lowest BCUT2D eigenvalue weighted by Gasteiger charge is -2.46. The average molecular weight is 281 g/mol. The number of carbonyl (C=O) groups excluding carboxylic acids is 1. The summed E-state index contributed by atoms with van der Waals surface area (Å²) in [6, 6.07) is 0.00607. The molecule has 4 heteroatoms. The largest absolute Gasteiger partial charge is 0.355 e. The fourth-order valence-corrected chi connectivity index (χ4v) is 3.80. The first-order valence-electron chi connectivity index (χ1n) is 8.22. The van der Waals surface area contributed by atoms with Gasteiger partial charge >= 0.3 is 0 Å². The first kappa shape index (κ1) is 15.8. The first-order valence-corrected chi connectivity index (χ1v) is 8.22. The molecule has 0 spiro atoms. The molecule has 2 N–H and O–H groups in total. The molecule has 116 valence electrons. The molecule has 1 aliphatic heterocycles. The predicted molar refractivity (Wildman–Crippen MR) is 82.7 cm³/mol. The topological polar surface area (TPSA) is 44.4 Å². The number of hydrogen-bond donors (Lipinski definition) is 2. The molecule has 20 heavy (non-hydrogen) atoms. The molecule has 1 aliphatic carbocycles. The van der Waals surface area contributed by atoms with E-state index in [1.54, 1.807) is 0 Å². The Kier molecular flexibility index (Phi) is 5.44. The van der Waals surface area contributed by atoms with Gasteiger partial charge in [0.25, 0.3) is 0 Å². The smallest absolute Gasteiger partial charge is 0.237 e. The summed E-state index contributed by atoms with van der Waals surface area (Å²) in [5, 5.41) is 6.59. The minimum absolute atomic E-state index is 0.00607. The van der Waals surface area contributed by atoms with Crippen LogP contribution < -0.4 is 10.6 Å². The van der Waals surface area contributed by atoms with E-state index in [9.17, 15) is 4.79 Å². The van der Waals surface area contributed by atoms with Crippen LogP contribution in [0.2, 0.25) is 0 Å². The standard InChI is InChI=1S/C16H31N3O/c1-13-7-6-9-16(11-13,19(2)3)12-18-14-8-4-5-10-17-15(14)20/h13-14,18H,4-12H2,1-3H3,(H,17,20). The Hall–Kier alpha value is -0.610. The zero-order valence-corrected chi connectivity index (χ0v) is 13.4. The molecule has 4 nitrogen and oxygen atoms in total. The number of nitrogens with one attached hydrogen (secondary N) is 2. The van der Waals surface area contributed by atoms with Crippen LogP contribution in [0.3, 0.4) is 0 Å². The average Bonchev–Trinajstić information content (AvgIpc) is 2.61. The Morgan fingerprint density at radius 2 is 2.10 bits per heavy atom. The second kappa shape index (κ2) is 6.90. The predicted octanol–water partition coefficient (Wildman–Crippen LogP) is 1.76. The Bertz CT molecular complexity index is 332. The summed E-state index contributed by atoms with van der Waals surface area (Å²) in [6.45, 7) is 4.13. The Balaban J connectivity index is 1.96. The van der Waals surface area contributed by atoms with E-state index in [-0.39, 0.29) is 17.5 Å². The zero-order chi connectivity index (χ0) is 14.6. The molecule has 3 unspecified atom stereocenters. The lowest BCUT2D eigenvalue weighted by Crippen LogP contribution is -2.57. The van der Waals surface area contributed by atoms with E-state index in [0.717, 1.165) is 38.3 Å². The molecule has 1 saturated heterocycles. The van der Waals surface area contributed by atoms with Crippen molar-refractivity contribution in [3.63, 3.8) is 0 Å². The number of nitrogens with zero attached hydrogens (tertiary/aromatic N) is 1. The monoisotopic (exact) mass is 281 g/mol. The van der Waals surface area contributed by atoms with Crippen molar-refractivity contribution < 1.29 is 4.79 Å². The van der Waals surface area contributed by atoms with Crippen LogP contribution in [0.1, 0.15) is 51.9 Å². The van der Waals surface area contributed by atoms with Gasteiger partial charge in [-0.15, -0.1) is 0 Å². The van der Waals surface area contributed by atoms with Crippen LogP contribution >= 0.6 is 0 Å². The van der Waals surface area contributed by atoms with Gasteiger partial charge in [-0.05, 0) is 52.1 Å². The molecule has 0 radical (unpaired) electrons. The number of carbonyl (C=O) groups is 1. The number of rotatable bonds is 4. The van der Waals surface area contributed by atoms with Crippen LogP contribution in [0.15, 0.2) is 0 Å². The van der Waals surface area contributed by atoms with E-state index in [2.05, 4.69) is 36.6 Å². The Morgan fingerprint density at radius 3 is 2.80 bits per heavy atom. The quantitative estimate of drug-likeness (QED) is 0.825. The first-order chi connectivity index (χ1) is 9.53. The van der Waals surface area contributed by atoms with E-state index in [1.807, 2.05) is 0 Å². The van der Waals surface area contributed by atoms with Gasteiger partial charge in [0.1, 0.15) is 0 Å². The van der Waals surface area contributed by atoms with Crippen molar-refractivity contribution in [1.29, 1.82) is 0 Å². The van der Waals surface area contributed by atoms with Gasteiger partial charge in [-0.1, -0.05) is 19.8 Å². The lowest BCUT2D eigenvalue weighted by atomic mass is 9.75. The molecule has 0 aromatic rings. The van der Waals surface area contributed by atoms with Crippen LogP contribution in [0.25, 0.3) is 0 Å². The van der Waals surface area contributed by atoms with E-state index >= 15 is 0 Å². The molecule has 2 fully saturated rings. The van der Waals surface area contributed by atoms with Crippen LogP contribution in [0, 0.1) is 5.92 Å². The van der Waals surface area contributed by atoms with Gasteiger partial charge in [0, 0.05) is 18.6 Å². The van der Waals surface area contributed by atoms with Crippen molar-refractivity contribution in [3.05, 3.63) is 0 Å². The minimum atomic E-state index is 0.00607. The molecule has 3 atom stereocenters. The van der Waals surface area contributed by atoms with Gasteiger partial charge in [-0.3, -0.25) is 4.79 Å². The van der Waals surface area contributed by atoms with E-state index in [4.69, 9.17) is 0 Å². The van der Waals surface area contributed by atoms with Crippen LogP contribution in [0.5, 0.6) is 0 Å². The summed E-state index contributed by atoms with van der Waals surface area (Å²) < 4.78 is 0. The van der Waals surface area contributed by atoms with Gasteiger partial charge in [0.2, 0.25) is 5.91 Å². The maximum atomic E-state index is 12.0. The van der Waals surface area contributed by atoms with E-state index in [1.165, 1.54) is 25.7 Å². The van der Waals surface area contributed by atoms with Gasteiger partial charge < -0.3 is 15.5 Å². The molecular weight excluding hydrogens is 250 g/mol. The van der Waals surface area contributed by atoms with Crippen molar-refractivity contribution in [2.75, 3.05) is 27.2 Å². The van der Waals surface area contributed by atoms with Crippen molar-refractivity contribution in [3.8, 4) is 0 Å². The third-order valence-corrected chi connectivity index (χ3v) is 5.23. The highest BCUT2D eigenvalue weighted by molar-refractivity contribution is 5.81. The normalized spacial score (nSPS) is 35.7. The fraction of sp³-hybridized carbons (Fsp3) is 0.938. The second-order valence-corrected chi connectivity index (χ2v) is 7.04. The molecule has 0 bridgehead atoms. The Labute approximate surface area is 123 Å². The molecule has 2 aliphatic rings. The highest BCUT2D eigenvalue weighted by atomic mass is 16.2. The SMILES string of the molecule is CC1CCCC(CNC2CCCCNC2=O)(N(C)C)C1. The summed E-state index contributed by atoms with van der Waals surface area (Å²) in [7, 11) is 4.37. The second-order valence-electron chi connectivity index (χ2n) is 7.04. The Morgan fingerprint density at radius 1 is 1.30 bits per heavy atom. The summed E-state index contributed by atoms with van der Waals surface area (Å²) in [6.07, 6.45) is 8.36. The molecule has 1 heterocycles. The molecule has 2 rings (SSSR count). The number of amides is 1. The minimum Gasteiger partial charge on any atom is -0.355 e. The van der Waals surface area contributed by atoms with Gasteiger partial charge in [-0.25, -0.2) is 0 Å². The van der Waals surface area contributed by atoms with Crippen molar-refractivity contribution in [2.45, 2.75) is 63.5 Å².